The molecule has 0 fully saturated rings. The van der Waals surface area contributed by atoms with E-state index in [1.54, 1.807) is 0 Å². The van der Waals surface area contributed by atoms with E-state index in [1.807, 2.05) is 6.92 Å². The van der Waals surface area contributed by atoms with E-state index in [0.717, 1.165) is 0 Å². The van der Waals surface area contributed by atoms with Crippen LogP contribution < -0.4 is 11.1 Å². The number of nitrogens with two attached hydrogens (primary N) is 1. The quantitative estimate of drug-likeness (QED) is 0.540. The Labute approximate surface area is 60.7 Å². The maximum atomic E-state index is 10.9. The number of rotatable bonds is 4. The zero-order valence-electron chi connectivity index (χ0n) is 6.39. The number of likely N-dealkylation sites (N-methyl/N-ethyl adjacent to an activating group) is 1. The summed E-state index contributed by atoms with van der Waals surface area (Å²) in [7, 11) is 1.47. The third kappa shape index (κ3) is 2.80. The summed E-state index contributed by atoms with van der Waals surface area (Å²) in [6, 6.07) is 0. The largest absolute Gasteiger partial charge is 0.370 e. The highest BCUT2D eigenvalue weighted by Gasteiger charge is 2.13. The summed E-state index contributed by atoms with van der Waals surface area (Å²) in [6.45, 7) is 2.68. The van der Waals surface area contributed by atoms with Gasteiger partial charge in [-0.1, -0.05) is 0 Å². The minimum Gasteiger partial charge on any atom is -0.370 e. The predicted molar refractivity (Wildman–Crippen MR) is 38.5 cm³/mol. The average Bonchev–Trinajstić information content (AvgIpc) is 1.91. The zero-order chi connectivity index (χ0) is 7.98. The molecule has 0 heterocycles. The number of carbonyl (C=O) groups excluding carboxylic acids is 1. The standard InChI is InChI=1S/C6H14N2O2/c1-3-8-6(9)5(4-7)10-2/h5H,3-4,7H2,1-2H3,(H,8,9). The van der Waals surface area contributed by atoms with Gasteiger partial charge in [-0.2, -0.15) is 0 Å². The highest BCUT2D eigenvalue weighted by molar-refractivity contribution is 5.80. The first-order valence-electron chi connectivity index (χ1n) is 3.26. The molecule has 0 spiro atoms. The van der Waals surface area contributed by atoms with Crippen LogP contribution >= 0.6 is 0 Å². The van der Waals surface area contributed by atoms with Crippen LogP contribution in [0.3, 0.4) is 0 Å². The van der Waals surface area contributed by atoms with Crippen LogP contribution in [0.25, 0.3) is 0 Å². The Hall–Kier alpha value is -0.610. The molecule has 0 radical (unpaired) electrons. The van der Waals surface area contributed by atoms with Crippen LogP contribution in [0.5, 0.6) is 0 Å². The lowest BCUT2D eigenvalue weighted by atomic mass is 10.3. The Morgan fingerprint density at radius 3 is 2.70 bits per heavy atom. The summed E-state index contributed by atoms with van der Waals surface area (Å²) in [4.78, 5) is 10.9. The molecule has 1 amide bonds. The van der Waals surface area contributed by atoms with E-state index in [4.69, 9.17) is 10.5 Å². The molecule has 1 unspecified atom stereocenters. The van der Waals surface area contributed by atoms with E-state index >= 15 is 0 Å². The molecule has 0 aliphatic rings. The number of amides is 1. The maximum absolute atomic E-state index is 10.9. The molecule has 4 heteroatoms. The monoisotopic (exact) mass is 146 g/mol. The average molecular weight is 146 g/mol. The molecule has 0 aliphatic heterocycles. The van der Waals surface area contributed by atoms with Crippen LogP contribution in [0.2, 0.25) is 0 Å². The molecular weight excluding hydrogens is 132 g/mol. The molecule has 4 nitrogen and oxygen atoms in total. The van der Waals surface area contributed by atoms with Crippen molar-refractivity contribution in [2.75, 3.05) is 20.2 Å². The van der Waals surface area contributed by atoms with Gasteiger partial charge in [0.15, 0.2) is 0 Å². The molecule has 60 valence electrons. The van der Waals surface area contributed by atoms with Crippen molar-refractivity contribution in [3.8, 4) is 0 Å². The van der Waals surface area contributed by atoms with Crippen LogP contribution in [0, 0.1) is 0 Å². The zero-order valence-corrected chi connectivity index (χ0v) is 6.39. The van der Waals surface area contributed by atoms with Gasteiger partial charge in [-0.3, -0.25) is 4.79 Å². The molecule has 0 saturated heterocycles. The van der Waals surface area contributed by atoms with Crippen LogP contribution in [0.15, 0.2) is 0 Å². The predicted octanol–water partition coefficient (Wildman–Crippen LogP) is -0.904. The van der Waals surface area contributed by atoms with Gasteiger partial charge in [0.25, 0.3) is 0 Å². The first kappa shape index (κ1) is 9.39. The molecule has 10 heavy (non-hydrogen) atoms. The van der Waals surface area contributed by atoms with Crippen molar-refractivity contribution in [3.05, 3.63) is 0 Å². The number of methoxy groups -OCH3 is 1. The fourth-order valence-electron chi connectivity index (χ4n) is 0.598. The fraction of sp³-hybridized carbons (Fsp3) is 0.833. The van der Waals surface area contributed by atoms with Crippen molar-refractivity contribution in [1.82, 2.24) is 5.32 Å². The van der Waals surface area contributed by atoms with Gasteiger partial charge in [0.05, 0.1) is 0 Å². The number of carbonyl (C=O) groups is 1. The first-order chi connectivity index (χ1) is 4.76. The minimum atomic E-state index is -0.500. The van der Waals surface area contributed by atoms with E-state index in [1.165, 1.54) is 7.11 Å². The van der Waals surface area contributed by atoms with Crippen molar-refractivity contribution >= 4 is 5.91 Å². The number of hydrogen-bond acceptors (Lipinski definition) is 3. The van der Waals surface area contributed by atoms with Crippen molar-refractivity contribution in [1.29, 1.82) is 0 Å². The Kier molecular flexibility index (Phi) is 4.88. The molecule has 0 bridgehead atoms. The summed E-state index contributed by atoms with van der Waals surface area (Å²) < 4.78 is 4.78. The molecule has 0 aromatic rings. The summed E-state index contributed by atoms with van der Waals surface area (Å²) >= 11 is 0. The summed E-state index contributed by atoms with van der Waals surface area (Å²) in [6.07, 6.45) is -0.500. The van der Waals surface area contributed by atoms with Gasteiger partial charge in [-0.25, -0.2) is 0 Å². The minimum absolute atomic E-state index is 0.146. The molecule has 3 N–H and O–H groups in total. The van der Waals surface area contributed by atoms with E-state index in [9.17, 15) is 4.79 Å². The van der Waals surface area contributed by atoms with Gasteiger partial charge in [-0.05, 0) is 6.92 Å². The Morgan fingerprint density at radius 1 is 1.80 bits per heavy atom. The van der Waals surface area contributed by atoms with Gasteiger partial charge < -0.3 is 15.8 Å². The lowest BCUT2D eigenvalue weighted by Crippen LogP contribution is -2.40. The number of nitrogens with one attached hydrogen (secondary N) is 1. The highest BCUT2D eigenvalue weighted by atomic mass is 16.5. The topological polar surface area (TPSA) is 64.4 Å². The Bertz CT molecular complexity index is 102. The highest BCUT2D eigenvalue weighted by Crippen LogP contribution is 1.85. The van der Waals surface area contributed by atoms with Gasteiger partial charge in [-0.15, -0.1) is 0 Å². The first-order valence-corrected chi connectivity index (χ1v) is 3.26. The SMILES string of the molecule is CCNC(=O)C(CN)OC. The second-order valence-electron chi connectivity index (χ2n) is 1.85. The van der Waals surface area contributed by atoms with Crippen LogP contribution in [0.4, 0.5) is 0 Å². The van der Waals surface area contributed by atoms with Crippen LogP contribution in [-0.4, -0.2) is 32.2 Å². The summed E-state index contributed by atoms with van der Waals surface area (Å²) in [5, 5.41) is 2.60. The molecule has 0 aliphatic carbocycles. The van der Waals surface area contributed by atoms with Crippen molar-refractivity contribution in [3.63, 3.8) is 0 Å². The van der Waals surface area contributed by atoms with Crippen molar-refractivity contribution in [2.24, 2.45) is 5.73 Å². The second-order valence-corrected chi connectivity index (χ2v) is 1.85. The second kappa shape index (κ2) is 5.20. The third-order valence-corrected chi connectivity index (χ3v) is 1.14. The van der Waals surface area contributed by atoms with Gasteiger partial charge in [0.2, 0.25) is 5.91 Å². The molecule has 0 saturated carbocycles. The molecule has 1 atom stereocenters. The number of ether oxygens (including phenoxy) is 1. The van der Waals surface area contributed by atoms with E-state index < -0.39 is 6.10 Å². The van der Waals surface area contributed by atoms with E-state index in [2.05, 4.69) is 5.32 Å². The molecule has 0 aromatic heterocycles. The Balaban J connectivity index is 3.65. The summed E-state index contributed by atoms with van der Waals surface area (Å²) in [5.74, 6) is -0.146. The van der Waals surface area contributed by atoms with E-state index in [0.29, 0.717) is 6.54 Å². The van der Waals surface area contributed by atoms with E-state index in [-0.39, 0.29) is 12.5 Å². The van der Waals surface area contributed by atoms with Crippen LogP contribution in [-0.2, 0) is 9.53 Å². The molecule has 0 rings (SSSR count). The lowest BCUT2D eigenvalue weighted by molar-refractivity contribution is -0.130. The van der Waals surface area contributed by atoms with Crippen LogP contribution in [0.1, 0.15) is 6.92 Å². The Morgan fingerprint density at radius 2 is 2.40 bits per heavy atom. The normalized spacial score (nSPS) is 12.7. The van der Waals surface area contributed by atoms with Gasteiger partial charge in [0.1, 0.15) is 6.10 Å². The smallest absolute Gasteiger partial charge is 0.250 e. The van der Waals surface area contributed by atoms with Crippen molar-refractivity contribution < 1.29 is 9.53 Å². The molecular formula is C6H14N2O2. The fourth-order valence-corrected chi connectivity index (χ4v) is 0.598. The summed E-state index contributed by atoms with van der Waals surface area (Å²) in [5.41, 5.74) is 5.23. The van der Waals surface area contributed by atoms with Gasteiger partial charge in [0, 0.05) is 20.2 Å². The van der Waals surface area contributed by atoms with Crippen molar-refractivity contribution in [2.45, 2.75) is 13.0 Å². The maximum Gasteiger partial charge on any atom is 0.250 e. The molecule has 0 aromatic carbocycles. The van der Waals surface area contributed by atoms with Gasteiger partial charge >= 0.3 is 0 Å². The lowest BCUT2D eigenvalue weighted by Gasteiger charge is -2.10. The number of hydrogen-bond donors (Lipinski definition) is 2. The third-order valence-electron chi connectivity index (χ3n) is 1.14.